The monoisotopic (exact) mass is 438 g/mol. The van der Waals surface area contributed by atoms with E-state index in [0.717, 1.165) is 16.8 Å². The van der Waals surface area contributed by atoms with Crippen molar-refractivity contribution < 1.29 is 19.0 Å². The Morgan fingerprint density at radius 1 is 1.06 bits per heavy atom. The zero-order valence-electron chi connectivity index (χ0n) is 16.9. The molecule has 0 bridgehead atoms. The minimum Gasteiger partial charge on any atom is -0.507 e. The maximum Gasteiger partial charge on any atom is 0.128 e. The summed E-state index contributed by atoms with van der Waals surface area (Å²) in [6.07, 6.45) is 0. The number of benzene rings is 3. The fraction of sp³-hybridized carbons (Fsp3) is 0.125. The molecule has 3 aromatic carbocycles. The van der Waals surface area contributed by atoms with E-state index in [0.29, 0.717) is 28.3 Å². The number of hydrogen-bond donors (Lipinski definition) is 2. The fourth-order valence-corrected chi connectivity index (χ4v) is 3.63. The van der Waals surface area contributed by atoms with Crippen LogP contribution < -0.4 is 9.47 Å². The van der Waals surface area contributed by atoms with Crippen molar-refractivity contribution >= 4 is 11.6 Å². The minimum absolute atomic E-state index is 0.0188. The van der Waals surface area contributed by atoms with Gasteiger partial charge in [-0.15, -0.1) is 0 Å². The van der Waals surface area contributed by atoms with Gasteiger partial charge in [0.2, 0.25) is 0 Å². The fourth-order valence-electron chi connectivity index (χ4n) is 3.41. The molecule has 0 unspecified atom stereocenters. The van der Waals surface area contributed by atoms with Crippen molar-refractivity contribution in [3.8, 4) is 39.6 Å². The molecule has 1 heterocycles. The summed E-state index contributed by atoms with van der Waals surface area (Å²) in [6.45, 7) is 2.06. The van der Waals surface area contributed by atoms with Crippen LogP contribution in [0.1, 0.15) is 11.3 Å². The Morgan fingerprint density at radius 3 is 2.61 bits per heavy atom. The maximum atomic E-state index is 13.2. The number of H-pyrrole nitrogens is 1. The van der Waals surface area contributed by atoms with Crippen LogP contribution in [-0.4, -0.2) is 22.4 Å². The van der Waals surface area contributed by atoms with Gasteiger partial charge in [0.15, 0.2) is 0 Å². The normalized spacial score (nSPS) is 10.8. The number of phenols is 1. The van der Waals surface area contributed by atoms with Gasteiger partial charge in [-0.3, -0.25) is 5.10 Å². The molecule has 0 atom stereocenters. The lowest BCUT2D eigenvalue weighted by Gasteiger charge is -2.12. The lowest BCUT2D eigenvalue weighted by atomic mass is 9.98. The van der Waals surface area contributed by atoms with E-state index in [4.69, 9.17) is 21.1 Å². The molecule has 0 fully saturated rings. The molecule has 1 aromatic heterocycles. The van der Waals surface area contributed by atoms with Crippen molar-refractivity contribution in [1.82, 2.24) is 10.2 Å². The lowest BCUT2D eigenvalue weighted by molar-refractivity contribution is 0.304. The van der Waals surface area contributed by atoms with Crippen molar-refractivity contribution in [3.05, 3.63) is 82.8 Å². The third kappa shape index (κ3) is 4.20. The molecular formula is C24H20ClFN2O3. The van der Waals surface area contributed by atoms with E-state index in [1.54, 1.807) is 25.3 Å². The zero-order valence-corrected chi connectivity index (χ0v) is 17.7. The van der Waals surface area contributed by atoms with Crippen molar-refractivity contribution in [1.29, 1.82) is 0 Å². The van der Waals surface area contributed by atoms with E-state index in [1.807, 2.05) is 31.2 Å². The van der Waals surface area contributed by atoms with Crippen LogP contribution in [0.4, 0.5) is 4.39 Å². The highest BCUT2D eigenvalue weighted by molar-refractivity contribution is 6.31. The highest BCUT2D eigenvalue weighted by Crippen LogP contribution is 2.41. The van der Waals surface area contributed by atoms with Crippen LogP contribution in [0, 0.1) is 12.7 Å². The summed E-state index contributed by atoms with van der Waals surface area (Å²) in [5.74, 6) is 0.776. The summed E-state index contributed by atoms with van der Waals surface area (Å²) in [7, 11) is 1.62. The van der Waals surface area contributed by atoms with E-state index in [2.05, 4.69) is 10.2 Å². The molecule has 7 heteroatoms. The van der Waals surface area contributed by atoms with Gasteiger partial charge in [0, 0.05) is 34.0 Å². The Balaban J connectivity index is 1.64. The summed E-state index contributed by atoms with van der Waals surface area (Å²) < 4.78 is 24.4. The molecule has 5 nitrogen and oxygen atoms in total. The summed E-state index contributed by atoms with van der Waals surface area (Å²) in [5.41, 5.74) is 4.37. The second-order valence-corrected chi connectivity index (χ2v) is 7.38. The molecule has 2 N–H and O–H groups in total. The number of methoxy groups -OCH3 is 1. The molecule has 0 amide bonds. The van der Waals surface area contributed by atoms with E-state index in [9.17, 15) is 9.50 Å². The summed E-state index contributed by atoms with van der Waals surface area (Å²) >= 11 is 6.04. The number of rotatable bonds is 6. The number of hydrogen-bond acceptors (Lipinski definition) is 4. The average molecular weight is 439 g/mol. The average Bonchev–Trinajstić information content (AvgIpc) is 3.14. The van der Waals surface area contributed by atoms with Crippen molar-refractivity contribution in [2.75, 3.05) is 7.11 Å². The van der Waals surface area contributed by atoms with Gasteiger partial charge in [-0.2, -0.15) is 5.10 Å². The number of nitrogens with zero attached hydrogens (tertiary/aromatic N) is 1. The van der Waals surface area contributed by atoms with E-state index < -0.39 is 5.82 Å². The summed E-state index contributed by atoms with van der Waals surface area (Å²) in [5, 5.41) is 18.4. The second-order valence-electron chi connectivity index (χ2n) is 6.98. The molecule has 0 saturated heterocycles. The molecule has 0 aliphatic heterocycles. The largest absolute Gasteiger partial charge is 0.507 e. The molecule has 0 spiro atoms. The highest BCUT2D eigenvalue weighted by Gasteiger charge is 2.20. The van der Waals surface area contributed by atoms with Crippen molar-refractivity contribution in [3.63, 3.8) is 0 Å². The number of aromatic amines is 1. The first-order chi connectivity index (χ1) is 15.0. The molecule has 158 valence electrons. The van der Waals surface area contributed by atoms with E-state index in [-0.39, 0.29) is 17.4 Å². The van der Waals surface area contributed by atoms with Crippen LogP contribution in [0.3, 0.4) is 0 Å². The van der Waals surface area contributed by atoms with Crippen molar-refractivity contribution in [2.45, 2.75) is 13.5 Å². The Kier molecular flexibility index (Phi) is 5.82. The second kappa shape index (κ2) is 8.70. The molecular weight excluding hydrogens is 419 g/mol. The molecule has 0 radical (unpaired) electrons. The molecule has 4 rings (SSSR count). The van der Waals surface area contributed by atoms with Gasteiger partial charge in [-0.25, -0.2) is 4.39 Å². The smallest absolute Gasteiger partial charge is 0.128 e. The van der Waals surface area contributed by atoms with Gasteiger partial charge in [0.1, 0.15) is 35.4 Å². The van der Waals surface area contributed by atoms with Gasteiger partial charge in [0.25, 0.3) is 0 Å². The first kappa shape index (κ1) is 20.8. The quantitative estimate of drug-likeness (QED) is 0.379. The van der Waals surface area contributed by atoms with Crippen LogP contribution in [0.2, 0.25) is 5.02 Å². The number of halogens is 2. The van der Waals surface area contributed by atoms with Gasteiger partial charge >= 0.3 is 0 Å². The molecule has 0 aliphatic rings. The third-order valence-corrected chi connectivity index (χ3v) is 5.31. The Labute approximate surface area is 184 Å². The van der Waals surface area contributed by atoms with Gasteiger partial charge in [-0.1, -0.05) is 35.9 Å². The maximum absolute atomic E-state index is 13.2. The topological polar surface area (TPSA) is 67.4 Å². The van der Waals surface area contributed by atoms with Crippen molar-refractivity contribution in [2.24, 2.45) is 0 Å². The van der Waals surface area contributed by atoms with Crippen LogP contribution >= 0.6 is 11.6 Å². The summed E-state index contributed by atoms with van der Waals surface area (Å²) in [4.78, 5) is 0. The Morgan fingerprint density at radius 2 is 1.87 bits per heavy atom. The van der Waals surface area contributed by atoms with Gasteiger partial charge in [0.05, 0.1) is 12.1 Å². The first-order valence-electron chi connectivity index (χ1n) is 9.56. The number of para-hydroxylation sites is 1. The van der Waals surface area contributed by atoms with Crippen LogP contribution in [0.25, 0.3) is 22.4 Å². The Bertz CT molecular complexity index is 1240. The molecule has 4 aromatic rings. The van der Waals surface area contributed by atoms with E-state index >= 15 is 0 Å². The number of aromatic nitrogens is 2. The van der Waals surface area contributed by atoms with Crippen LogP contribution in [0.15, 0.2) is 60.7 Å². The van der Waals surface area contributed by atoms with Gasteiger partial charge in [-0.05, 0) is 37.3 Å². The molecule has 0 saturated carbocycles. The number of ether oxygens (including phenoxy) is 2. The summed E-state index contributed by atoms with van der Waals surface area (Å²) in [6, 6.07) is 16.8. The third-order valence-electron chi connectivity index (χ3n) is 4.96. The predicted octanol–water partition coefficient (Wildman–Crippen LogP) is 6.14. The molecule has 0 aliphatic carbocycles. The van der Waals surface area contributed by atoms with E-state index in [1.165, 1.54) is 18.2 Å². The number of nitrogens with one attached hydrogen (secondary N) is 1. The molecule has 31 heavy (non-hydrogen) atoms. The first-order valence-corrected chi connectivity index (χ1v) is 9.94. The highest BCUT2D eigenvalue weighted by atomic mass is 35.5. The minimum atomic E-state index is -0.407. The Hall–Kier alpha value is -3.51. The lowest BCUT2D eigenvalue weighted by Crippen LogP contribution is -1.97. The van der Waals surface area contributed by atoms with Crippen LogP contribution in [-0.2, 0) is 6.61 Å². The predicted molar refractivity (Wildman–Crippen MR) is 118 cm³/mol. The van der Waals surface area contributed by atoms with Gasteiger partial charge < -0.3 is 14.6 Å². The van der Waals surface area contributed by atoms with Crippen LogP contribution in [0.5, 0.6) is 17.2 Å². The zero-order chi connectivity index (χ0) is 22.0. The number of aryl methyl sites for hydroxylation is 1. The number of aromatic hydroxyl groups is 1. The standard InChI is InChI=1S/C24H20ClFN2O3/c1-14-23(19-5-3-4-6-22(19)30-2)24(28-27-14)18-10-9-17(12-21(18)29)31-13-15-7-8-16(26)11-20(15)25/h3-12,29H,13H2,1-2H3,(H,27,28). The SMILES string of the molecule is COc1ccccc1-c1c(-c2ccc(OCc3ccc(F)cc3Cl)cc2O)n[nH]c1C. The number of phenolic OH excluding ortho intramolecular Hbond substituents is 1.